The fourth-order valence-corrected chi connectivity index (χ4v) is 3.67. The summed E-state index contributed by atoms with van der Waals surface area (Å²) in [5, 5.41) is 4.16. The SMILES string of the molecule is O=C(NCCCCCBr)C1Cc2ccccc2S1. The number of alkyl halides is 1. The van der Waals surface area contributed by atoms with Crippen LogP contribution in [0.15, 0.2) is 29.2 Å². The van der Waals surface area contributed by atoms with E-state index in [9.17, 15) is 4.79 Å². The summed E-state index contributed by atoms with van der Waals surface area (Å²) in [5.74, 6) is 0.190. The molecule has 1 aliphatic rings. The lowest BCUT2D eigenvalue weighted by molar-refractivity contribution is -0.120. The maximum atomic E-state index is 12.0. The Balaban J connectivity index is 1.72. The smallest absolute Gasteiger partial charge is 0.233 e. The summed E-state index contributed by atoms with van der Waals surface area (Å²) in [6.07, 6.45) is 4.29. The molecule has 0 saturated carbocycles. The van der Waals surface area contributed by atoms with Gasteiger partial charge in [0, 0.05) is 16.8 Å². The molecule has 1 unspecified atom stereocenters. The molecule has 0 fully saturated rings. The molecule has 1 aromatic carbocycles. The van der Waals surface area contributed by atoms with Gasteiger partial charge in [-0.3, -0.25) is 4.79 Å². The van der Waals surface area contributed by atoms with Gasteiger partial charge in [0.1, 0.15) is 0 Å². The van der Waals surface area contributed by atoms with E-state index in [1.807, 2.05) is 12.1 Å². The molecule has 2 rings (SSSR count). The first-order valence-electron chi connectivity index (χ1n) is 6.39. The molecule has 0 aliphatic carbocycles. The second-order valence-corrected chi connectivity index (χ2v) is 6.50. The predicted octanol–water partition coefficient (Wildman–Crippen LogP) is 3.38. The number of halogens is 1. The minimum atomic E-state index is 0.0681. The second kappa shape index (κ2) is 7.19. The number of carbonyl (C=O) groups excluding carboxylic acids is 1. The van der Waals surface area contributed by atoms with Gasteiger partial charge < -0.3 is 5.32 Å². The zero-order valence-corrected chi connectivity index (χ0v) is 12.7. The minimum absolute atomic E-state index is 0.0681. The molecule has 0 aromatic heterocycles. The van der Waals surface area contributed by atoms with E-state index in [1.54, 1.807) is 11.8 Å². The molecule has 0 spiro atoms. The zero-order chi connectivity index (χ0) is 12.8. The van der Waals surface area contributed by atoms with Crippen LogP contribution in [-0.4, -0.2) is 23.0 Å². The molecular weight excluding hydrogens is 310 g/mol. The van der Waals surface area contributed by atoms with E-state index < -0.39 is 0 Å². The van der Waals surface area contributed by atoms with Gasteiger partial charge >= 0.3 is 0 Å². The van der Waals surface area contributed by atoms with Crippen molar-refractivity contribution in [1.29, 1.82) is 0 Å². The van der Waals surface area contributed by atoms with Gasteiger partial charge in [0.25, 0.3) is 0 Å². The number of amides is 1. The highest BCUT2D eigenvalue weighted by Crippen LogP contribution is 2.36. The van der Waals surface area contributed by atoms with Crippen molar-refractivity contribution in [2.45, 2.75) is 35.8 Å². The highest BCUT2D eigenvalue weighted by molar-refractivity contribution is 9.09. The molecule has 1 atom stereocenters. The first-order chi connectivity index (χ1) is 8.81. The molecule has 1 heterocycles. The maximum absolute atomic E-state index is 12.0. The van der Waals surface area contributed by atoms with Crippen molar-refractivity contribution in [3.05, 3.63) is 29.8 Å². The van der Waals surface area contributed by atoms with Gasteiger partial charge in [-0.05, 0) is 30.9 Å². The summed E-state index contributed by atoms with van der Waals surface area (Å²) in [4.78, 5) is 13.3. The number of rotatable bonds is 6. The number of nitrogens with one attached hydrogen (secondary N) is 1. The van der Waals surface area contributed by atoms with Crippen LogP contribution in [0.4, 0.5) is 0 Å². The molecule has 0 radical (unpaired) electrons. The molecule has 1 amide bonds. The van der Waals surface area contributed by atoms with Crippen LogP contribution in [0.1, 0.15) is 24.8 Å². The Bertz CT molecular complexity index is 386. The number of hydrogen-bond donors (Lipinski definition) is 1. The van der Waals surface area contributed by atoms with Gasteiger partial charge in [0.05, 0.1) is 5.25 Å². The average Bonchev–Trinajstić information content (AvgIpc) is 2.82. The second-order valence-electron chi connectivity index (χ2n) is 4.46. The van der Waals surface area contributed by atoms with Crippen LogP contribution >= 0.6 is 27.7 Å². The maximum Gasteiger partial charge on any atom is 0.233 e. The lowest BCUT2D eigenvalue weighted by Gasteiger charge is -2.09. The lowest BCUT2D eigenvalue weighted by atomic mass is 10.1. The Morgan fingerprint density at radius 3 is 2.94 bits per heavy atom. The number of unbranched alkanes of at least 4 members (excludes halogenated alkanes) is 2. The van der Waals surface area contributed by atoms with E-state index in [-0.39, 0.29) is 11.2 Å². The average molecular weight is 328 g/mol. The lowest BCUT2D eigenvalue weighted by Crippen LogP contribution is -2.33. The van der Waals surface area contributed by atoms with Gasteiger partial charge in [-0.15, -0.1) is 11.8 Å². The van der Waals surface area contributed by atoms with Gasteiger partial charge in [-0.1, -0.05) is 40.5 Å². The van der Waals surface area contributed by atoms with Gasteiger partial charge in [0.15, 0.2) is 0 Å². The first kappa shape index (κ1) is 13.9. The van der Waals surface area contributed by atoms with Crippen molar-refractivity contribution >= 4 is 33.6 Å². The summed E-state index contributed by atoms with van der Waals surface area (Å²) in [6, 6.07) is 8.29. The quantitative estimate of drug-likeness (QED) is 0.641. The van der Waals surface area contributed by atoms with Crippen molar-refractivity contribution in [1.82, 2.24) is 5.32 Å². The molecule has 1 aromatic rings. The Morgan fingerprint density at radius 1 is 1.33 bits per heavy atom. The van der Waals surface area contributed by atoms with Crippen LogP contribution in [0, 0.1) is 0 Å². The predicted molar refractivity (Wildman–Crippen MR) is 80.4 cm³/mol. The van der Waals surface area contributed by atoms with Crippen LogP contribution in [0.2, 0.25) is 0 Å². The van der Waals surface area contributed by atoms with E-state index in [2.05, 4.69) is 33.4 Å². The topological polar surface area (TPSA) is 29.1 Å². The van der Waals surface area contributed by atoms with Crippen LogP contribution in [0.3, 0.4) is 0 Å². The minimum Gasteiger partial charge on any atom is -0.355 e. The zero-order valence-electron chi connectivity index (χ0n) is 10.3. The fraction of sp³-hybridized carbons (Fsp3) is 0.500. The van der Waals surface area contributed by atoms with E-state index >= 15 is 0 Å². The van der Waals surface area contributed by atoms with Crippen molar-refractivity contribution in [2.24, 2.45) is 0 Å². The van der Waals surface area contributed by atoms with Crippen LogP contribution in [0.5, 0.6) is 0 Å². The first-order valence-corrected chi connectivity index (χ1v) is 8.39. The van der Waals surface area contributed by atoms with Crippen LogP contribution in [-0.2, 0) is 11.2 Å². The van der Waals surface area contributed by atoms with Gasteiger partial charge in [-0.2, -0.15) is 0 Å². The number of benzene rings is 1. The number of fused-ring (bicyclic) bond motifs is 1. The summed E-state index contributed by atoms with van der Waals surface area (Å²) in [7, 11) is 0. The van der Waals surface area contributed by atoms with E-state index in [0.29, 0.717) is 0 Å². The highest BCUT2D eigenvalue weighted by atomic mass is 79.9. The third kappa shape index (κ3) is 3.75. The van der Waals surface area contributed by atoms with Crippen LogP contribution < -0.4 is 5.32 Å². The Hall–Kier alpha value is -0.480. The van der Waals surface area contributed by atoms with Crippen LogP contribution in [0.25, 0.3) is 0 Å². The number of carbonyl (C=O) groups is 1. The van der Waals surface area contributed by atoms with Crippen molar-refractivity contribution in [3.63, 3.8) is 0 Å². The monoisotopic (exact) mass is 327 g/mol. The number of thioether (sulfide) groups is 1. The van der Waals surface area contributed by atoms with Crippen molar-refractivity contribution in [3.8, 4) is 0 Å². The summed E-state index contributed by atoms with van der Waals surface area (Å²) in [6.45, 7) is 0.805. The van der Waals surface area contributed by atoms with Crippen molar-refractivity contribution < 1.29 is 4.79 Å². The Morgan fingerprint density at radius 2 is 2.17 bits per heavy atom. The highest BCUT2D eigenvalue weighted by Gasteiger charge is 2.27. The van der Waals surface area contributed by atoms with E-state index in [1.165, 1.54) is 23.3 Å². The third-order valence-corrected chi connectivity index (χ3v) is 4.93. The molecule has 1 aliphatic heterocycles. The standard InChI is InChI=1S/C14H18BrNOS/c15-8-4-1-5-9-16-14(17)13-10-11-6-2-3-7-12(11)18-13/h2-3,6-7,13H,1,4-5,8-10H2,(H,16,17). The van der Waals surface area contributed by atoms with Crippen molar-refractivity contribution in [2.75, 3.05) is 11.9 Å². The molecule has 1 N–H and O–H groups in total. The third-order valence-electron chi connectivity index (χ3n) is 3.05. The summed E-state index contributed by atoms with van der Waals surface area (Å²) >= 11 is 5.10. The largest absolute Gasteiger partial charge is 0.355 e. The molecule has 98 valence electrons. The molecular formula is C14H18BrNOS. The summed E-state index contributed by atoms with van der Waals surface area (Å²) < 4.78 is 0. The molecule has 0 saturated heterocycles. The normalized spacial score (nSPS) is 17.5. The van der Waals surface area contributed by atoms with E-state index in [0.717, 1.165) is 24.7 Å². The molecule has 2 nitrogen and oxygen atoms in total. The molecule has 4 heteroatoms. The van der Waals surface area contributed by atoms with Gasteiger partial charge in [0.2, 0.25) is 5.91 Å². The molecule has 0 bridgehead atoms. The van der Waals surface area contributed by atoms with E-state index in [4.69, 9.17) is 0 Å². The Labute approximate surface area is 121 Å². The Kier molecular flexibility index (Phi) is 5.57. The van der Waals surface area contributed by atoms with Gasteiger partial charge in [-0.25, -0.2) is 0 Å². The number of hydrogen-bond acceptors (Lipinski definition) is 2. The molecule has 18 heavy (non-hydrogen) atoms. The summed E-state index contributed by atoms with van der Waals surface area (Å²) in [5.41, 5.74) is 1.31. The fourth-order valence-electron chi connectivity index (χ4n) is 2.05.